The first kappa shape index (κ1) is 13.9. The van der Waals surface area contributed by atoms with Gasteiger partial charge in [0.25, 0.3) is 0 Å². The van der Waals surface area contributed by atoms with E-state index in [1.54, 1.807) is 0 Å². The van der Waals surface area contributed by atoms with Crippen LogP contribution < -0.4 is 5.32 Å². The van der Waals surface area contributed by atoms with Gasteiger partial charge in [-0.15, -0.1) is 0 Å². The number of amides is 2. The van der Waals surface area contributed by atoms with E-state index in [1.165, 1.54) is 0 Å². The van der Waals surface area contributed by atoms with Gasteiger partial charge >= 0.3 is 6.03 Å². The quantitative estimate of drug-likeness (QED) is 0.887. The first-order chi connectivity index (χ1) is 8.99. The number of likely N-dealkylation sites (N-methyl/N-ethyl adjacent to an activating group) is 2. The molecule has 0 radical (unpaired) electrons. The maximum atomic E-state index is 12.3. The first-order valence-corrected chi connectivity index (χ1v) is 6.77. The second-order valence-corrected chi connectivity index (χ2v) is 5.51. The second kappa shape index (κ2) is 5.61. The predicted molar refractivity (Wildman–Crippen MR) is 78.6 cm³/mol. The van der Waals surface area contributed by atoms with Crippen molar-refractivity contribution >= 4 is 11.7 Å². The fourth-order valence-corrected chi connectivity index (χ4v) is 2.60. The van der Waals surface area contributed by atoms with E-state index in [0.717, 1.165) is 36.3 Å². The summed E-state index contributed by atoms with van der Waals surface area (Å²) in [5.74, 6) is 0. The molecule has 1 fully saturated rings. The highest BCUT2D eigenvalue weighted by Crippen LogP contribution is 2.21. The van der Waals surface area contributed by atoms with E-state index in [4.69, 9.17) is 0 Å². The van der Waals surface area contributed by atoms with Crippen molar-refractivity contribution in [1.29, 1.82) is 0 Å². The molecule has 0 spiro atoms. The molecule has 0 aromatic heterocycles. The van der Waals surface area contributed by atoms with Gasteiger partial charge in [0.15, 0.2) is 0 Å². The third kappa shape index (κ3) is 3.07. The molecule has 0 aliphatic carbocycles. The van der Waals surface area contributed by atoms with Gasteiger partial charge in [0.2, 0.25) is 0 Å². The maximum Gasteiger partial charge on any atom is 0.321 e. The normalized spacial score (nSPS) is 19.5. The molecule has 0 saturated carbocycles. The molecule has 1 aromatic carbocycles. The van der Waals surface area contributed by atoms with Crippen molar-refractivity contribution in [1.82, 2.24) is 9.80 Å². The average Bonchev–Trinajstić information content (AvgIpc) is 2.79. The van der Waals surface area contributed by atoms with Crippen molar-refractivity contribution in [2.24, 2.45) is 0 Å². The third-order valence-electron chi connectivity index (χ3n) is 3.95. The molecule has 19 heavy (non-hydrogen) atoms. The van der Waals surface area contributed by atoms with E-state index in [0.29, 0.717) is 6.04 Å². The van der Waals surface area contributed by atoms with Crippen LogP contribution in [-0.2, 0) is 0 Å². The number of nitrogens with one attached hydrogen (secondary N) is 1. The number of urea groups is 1. The topological polar surface area (TPSA) is 35.6 Å². The highest BCUT2D eigenvalue weighted by molar-refractivity contribution is 5.91. The van der Waals surface area contributed by atoms with Gasteiger partial charge in [-0.05, 0) is 45.0 Å². The lowest BCUT2D eigenvalue weighted by Gasteiger charge is -2.25. The molecule has 1 N–H and O–H groups in total. The number of carbonyl (C=O) groups excluding carboxylic acids is 1. The average molecular weight is 261 g/mol. The van der Waals surface area contributed by atoms with E-state index in [9.17, 15) is 4.79 Å². The van der Waals surface area contributed by atoms with Gasteiger partial charge in [-0.1, -0.05) is 18.2 Å². The number of hydrogen-bond acceptors (Lipinski definition) is 2. The molecule has 1 saturated heterocycles. The summed E-state index contributed by atoms with van der Waals surface area (Å²) in [6.45, 7) is 6.06. The number of hydrogen-bond donors (Lipinski definition) is 1. The number of aryl methyl sites for hydroxylation is 2. The summed E-state index contributed by atoms with van der Waals surface area (Å²) in [6, 6.07) is 6.35. The largest absolute Gasteiger partial charge is 0.323 e. The summed E-state index contributed by atoms with van der Waals surface area (Å²) < 4.78 is 0. The Balaban J connectivity index is 2.04. The predicted octanol–water partition coefficient (Wildman–Crippen LogP) is 2.47. The van der Waals surface area contributed by atoms with Crippen LogP contribution in [-0.4, -0.2) is 49.1 Å². The SMILES string of the molecule is Cc1cccc(C)c1NC(=O)N(C)[C@H]1CCN(C)C1. The highest BCUT2D eigenvalue weighted by atomic mass is 16.2. The minimum atomic E-state index is -0.0160. The zero-order valence-electron chi connectivity index (χ0n) is 12.2. The lowest BCUT2D eigenvalue weighted by Crippen LogP contribution is -2.41. The van der Waals surface area contributed by atoms with E-state index < -0.39 is 0 Å². The molecule has 1 heterocycles. The summed E-state index contributed by atoms with van der Waals surface area (Å²) >= 11 is 0. The number of likely N-dealkylation sites (tertiary alicyclic amines) is 1. The van der Waals surface area contributed by atoms with Gasteiger partial charge < -0.3 is 15.1 Å². The minimum absolute atomic E-state index is 0.0160. The van der Waals surface area contributed by atoms with Crippen molar-refractivity contribution in [3.63, 3.8) is 0 Å². The summed E-state index contributed by atoms with van der Waals surface area (Å²) in [4.78, 5) is 16.4. The number of para-hydroxylation sites is 1. The zero-order valence-corrected chi connectivity index (χ0v) is 12.2. The molecule has 0 unspecified atom stereocenters. The smallest absolute Gasteiger partial charge is 0.321 e. The number of nitrogens with zero attached hydrogens (tertiary/aromatic N) is 2. The number of rotatable bonds is 2. The standard InChI is InChI=1S/C15H23N3O/c1-11-6-5-7-12(2)14(11)16-15(19)18(4)13-8-9-17(3)10-13/h5-7,13H,8-10H2,1-4H3,(H,16,19)/t13-/m0/s1. The Kier molecular flexibility index (Phi) is 4.10. The van der Waals surface area contributed by atoms with E-state index in [1.807, 2.05) is 44.0 Å². The number of carbonyl (C=O) groups is 1. The summed E-state index contributed by atoms with van der Waals surface area (Å²) in [5.41, 5.74) is 3.14. The fraction of sp³-hybridized carbons (Fsp3) is 0.533. The maximum absolute atomic E-state index is 12.3. The molecular weight excluding hydrogens is 238 g/mol. The third-order valence-corrected chi connectivity index (χ3v) is 3.95. The van der Waals surface area contributed by atoms with Crippen molar-refractivity contribution in [2.75, 3.05) is 32.5 Å². The van der Waals surface area contributed by atoms with Crippen LogP contribution in [0.1, 0.15) is 17.5 Å². The van der Waals surface area contributed by atoms with Crippen LogP contribution in [0.25, 0.3) is 0 Å². The fourth-order valence-electron chi connectivity index (χ4n) is 2.60. The molecule has 4 heteroatoms. The Morgan fingerprint density at radius 2 is 2.00 bits per heavy atom. The monoisotopic (exact) mass is 261 g/mol. The molecular formula is C15H23N3O. The lowest BCUT2D eigenvalue weighted by atomic mass is 10.1. The van der Waals surface area contributed by atoms with Crippen LogP contribution in [0.15, 0.2) is 18.2 Å². The first-order valence-electron chi connectivity index (χ1n) is 6.77. The molecule has 2 rings (SSSR count). The molecule has 0 bridgehead atoms. The number of anilines is 1. The number of benzene rings is 1. The van der Waals surface area contributed by atoms with Crippen LogP contribution in [0.3, 0.4) is 0 Å². The van der Waals surface area contributed by atoms with Gasteiger partial charge in [0.1, 0.15) is 0 Å². The molecule has 4 nitrogen and oxygen atoms in total. The van der Waals surface area contributed by atoms with E-state index >= 15 is 0 Å². The van der Waals surface area contributed by atoms with Gasteiger partial charge in [-0.25, -0.2) is 4.79 Å². The summed E-state index contributed by atoms with van der Waals surface area (Å²) in [6.07, 6.45) is 1.05. The van der Waals surface area contributed by atoms with Gasteiger partial charge in [-0.3, -0.25) is 0 Å². The zero-order chi connectivity index (χ0) is 14.0. The van der Waals surface area contributed by atoms with Crippen molar-refractivity contribution in [2.45, 2.75) is 26.3 Å². The van der Waals surface area contributed by atoms with Crippen LogP contribution in [0, 0.1) is 13.8 Å². The van der Waals surface area contributed by atoms with Crippen LogP contribution in [0.4, 0.5) is 10.5 Å². The second-order valence-electron chi connectivity index (χ2n) is 5.51. The van der Waals surface area contributed by atoms with Crippen LogP contribution >= 0.6 is 0 Å². The van der Waals surface area contributed by atoms with Gasteiger partial charge in [-0.2, -0.15) is 0 Å². The van der Waals surface area contributed by atoms with Crippen LogP contribution in [0.5, 0.6) is 0 Å². The van der Waals surface area contributed by atoms with Crippen LogP contribution in [0.2, 0.25) is 0 Å². The van der Waals surface area contributed by atoms with Crippen molar-refractivity contribution in [3.8, 4) is 0 Å². The molecule has 1 atom stereocenters. The van der Waals surface area contributed by atoms with E-state index in [-0.39, 0.29) is 6.03 Å². The minimum Gasteiger partial charge on any atom is -0.323 e. The molecule has 1 aliphatic rings. The van der Waals surface area contributed by atoms with Crippen molar-refractivity contribution in [3.05, 3.63) is 29.3 Å². The molecule has 1 aromatic rings. The summed E-state index contributed by atoms with van der Waals surface area (Å²) in [5, 5.41) is 3.04. The highest BCUT2D eigenvalue weighted by Gasteiger charge is 2.26. The lowest BCUT2D eigenvalue weighted by molar-refractivity contribution is 0.204. The molecule has 104 valence electrons. The van der Waals surface area contributed by atoms with Gasteiger partial charge in [0, 0.05) is 25.3 Å². The molecule has 1 aliphatic heterocycles. The Hall–Kier alpha value is -1.55. The van der Waals surface area contributed by atoms with E-state index in [2.05, 4.69) is 17.3 Å². The Labute approximate surface area is 115 Å². The Morgan fingerprint density at radius 3 is 2.53 bits per heavy atom. The van der Waals surface area contributed by atoms with Crippen molar-refractivity contribution < 1.29 is 4.79 Å². The molecule has 2 amide bonds. The van der Waals surface area contributed by atoms with Gasteiger partial charge in [0.05, 0.1) is 0 Å². The Morgan fingerprint density at radius 1 is 1.37 bits per heavy atom. The Bertz CT molecular complexity index is 452. The summed E-state index contributed by atoms with van der Waals surface area (Å²) in [7, 11) is 3.98.